The summed E-state index contributed by atoms with van der Waals surface area (Å²) in [4.78, 5) is 17.4. The van der Waals surface area contributed by atoms with Gasteiger partial charge in [0.05, 0.1) is 28.8 Å². The second kappa shape index (κ2) is 11.7. The lowest BCUT2D eigenvalue weighted by Crippen LogP contribution is -2.40. The Kier molecular flexibility index (Phi) is 8.41. The Balaban J connectivity index is 1.56. The topological polar surface area (TPSA) is 170 Å². The van der Waals surface area contributed by atoms with Crippen LogP contribution in [0.25, 0.3) is 5.69 Å². The predicted octanol–water partition coefficient (Wildman–Crippen LogP) is 1.32. The first-order valence-corrected chi connectivity index (χ1v) is 13.2. The number of halogens is 1. The zero-order chi connectivity index (χ0) is 26.4. The average Bonchev–Trinajstić information content (AvgIpc) is 2.92. The minimum atomic E-state index is -3.75. The number of nitrogens with one attached hydrogen (secondary N) is 2. The Morgan fingerprint density at radius 2 is 1.89 bits per heavy atom. The van der Waals surface area contributed by atoms with E-state index in [-0.39, 0.29) is 34.5 Å². The van der Waals surface area contributed by atoms with Crippen molar-refractivity contribution < 1.29 is 13.2 Å². The van der Waals surface area contributed by atoms with Gasteiger partial charge in [-0.3, -0.25) is 9.36 Å². The van der Waals surface area contributed by atoms with E-state index in [0.717, 1.165) is 5.56 Å². The van der Waals surface area contributed by atoms with E-state index in [1.807, 2.05) is 12.1 Å². The molecule has 3 aromatic rings. The highest BCUT2D eigenvalue weighted by Crippen LogP contribution is 2.28. The molecule has 2 aromatic carbocycles. The van der Waals surface area contributed by atoms with E-state index in [9.17, 15) is 13.2 Å². The number of rotatable bonds is 8. The Morgan fingerprint density at radius 3 is 2.57 bits per heavy atom. The van der Waals surface area contributed by atoms with E-state index in [1.165, 1.54) is 33.3 Å². The molecule has 4 rings (SSSR count). The molecule has 12 nitrogen and oxygen atoms in total. The van der Waals surface area contributed by atoms with Crippen LogP contribution in [0.3, 0.4) is 0 Å². The Bertz CT molecular complexity index is 1440. The standard InChI is InChI=1S/C23H27ClN8O4S/c24-19-7-6-18(37(34,35)31-11-13-36-14-12-31)15-20(19)28-22-23(33)32(10-9-27-22)17-4-1-16(2-5-17)3-8-21(29-25)30-26/h1-2,4-7,9-10,15H,3,8,11-14,25-26H2,(H,27,28)(H,29,30). The van der Waals surface area contributed by atoms with Crippen LogP contribution in [0.1, 0.15) is 12.0 Å². The van der Waals surface area contributed by atoms with Gasteiger partial charge < -0.3 is 21.3 Å². The molecule has 1 aliphatic rings. The molecule has 0 unspecified atom stereocenters. The summed E-state index contributed by atoms with van der Waals surface area (Å²) in [5, 5.41) is 6.70. The van der Waals surface area contributed by atoms with Crippen molar-refractivity contribution in [3.05, 3.63) is 75.8 Å². The number of aryl methyl sites for hydroxylation is 1. The summed E-state index contributed by atoms with van der Waals surface area (Å²) >= 11 is 6.33. The van der Waals surface area contributed by atoms with Gasteiger partial charge in [-0.2, -0.15) is 9.41 Å². The van der Waals surface area contributed by atoms with Crippen molar-refractivity contribution in [2.75, 3.05) is 31.6 Å². The van der Waals surface area contributed by atoms with Gasteiger partial charge >= 0.3 is 0 Å². The van der Waals surface area contributed by atoms with Crippen LogP contribution in [0.5, 0.6) is 0 Å². The monoisotopic (exact) mass is 546 g/mol. The fraction of sp³-hybridized carbons (Fsp3) is 0.261. The van der Waals surface area contributed by atoms with Crippen molar-refractivity contribution in [3.63, 3.8) is 0 Å². The maximum Gasteiger partial charge on any atom is 0.298 e. The van der Waals surface area contributed by atoms with Crippen LogP contribution in [0, 0.1) is 0 Å². The number of benzene rings is 2. The maximum absolute atomic E-state index is 13.2. The van der Waals surface area contributed by atoms with Gasteiger partial charge in [0.1, 0.15) is 5.84 Å². The normalized spacial score (nSPS) is 14.9. The second-order valence-corrected chi connectivity index (χ2v) is 10.5. The zero-order valence-corrected chi connectivity index (χ0v) is 21.4. The molecule has 14 heteroatoms. The molecule has 0 spiro atoms. The fourth-order valence-electron chi connectivity index (χ4n) is 3.78. The molecule has 0 bridgehead atoms. The van der Waals surface area contributed by atoms with Crippen molar-refractivity contribution in [2.24, 2.45) is 16.8 Å². The largest absolute Gasteiger partial charge is 0.379 e. The summed E-state index contributed by atoms with van der Waals surface area (Å²) in [7, 11) is -3.75. The quantitative estimate of drug-likeness (QED) is 0.141. The number of hydrogen-bond acceptors (Lipinski definition) is 9. The molecule has 1 saturated heterocycles. The van der Waals surface area contributed by atoms with Crippen molar-refractivity contribution in [2.45, 2.75) is 17.7 Å². The molecule has 0 saturated carbocycles. The third-order valence-corrected chi connectivity index (χ3v) is 8.05. The van der Waals surface area contributed by atoms with Gasteiger partial charge in [-0.25, -0.2) is 19.2 Å². The van der Waals surface area contributed by atoms with Crippen LogP contribution in [0.4, 0.5) is 11.5 Å². The molecular formula is C23H27ClN8O4S. The zero-order valence-electron chi connectivity index (χ0n) is 19.8. The number of hydrazine groups is 1. The summed E-state index contributed by atoms with van der Waals surface area (Å²) in [5.41, 5.74) is 3.89. The van der Waals surface area contributed by atoms with Crippen LogP contribution in [-0.2, 0) is 21.2 Å². The van der Waals surface area contributed by atoms with Gasteiger partial charge in [-0.05, 0) is 42.3 Å². The van der Waals surface area contributed by atoms with Crippen molar-refractivity contribution >= 4 is 39.0 Å². The molecule has 6 N–H and O–H groups in total. The molecule has 196 valence electrons. The van der Waals surface area contributed by atoms with E-state index in [0.29, 0.717) is 37.6 Å². The van der Waals surface area contributed by atoms with Crippen LogP contribution in [0.2, 0.25) is 5.02 Å². The maximum atomic E-state index is 13.2. The fourth-order valence-corrected chi connectivity index (χ4v) is 5.38. The molecule has 0 amide bonds. The third-order valence-electron chi connectivity index (χ3n) is 5.83. The van der Waals surface area contributed by atoms with E-state index in [4.69, 9.17) is 28.0 Å². The molecule has 0 aliphatic carbocycles. The lowest BCUT2D eigenvalue weighted by atomic mass is 10.1. The van der Waals surface area contributed by atoms with E-state index in [2.05, 4.69) is 20.8 Å². The lowest BCUT2D eigenvalue weighted by Gasteiger charge is -2.26. The SMILES string of the molecule is N/N=C(/CCc1ccc(-n2ccnc(Nc3cc(S(=O)(=O)N4CCOCC4)ccc3Cl)c2=O)cc1)NN. The average molecular weight is 547 g/mol. The number of ether oxygens (including phenoxy) is 1. The summed E-state index contributed by atoms with van der Waals surface area (Å²) in [6.07, 6.45) is 4.20. The van der Waals surface area contributed by atoms with Crippen molar-refractivity contribution in [3.8, 4) is 5.69 Å². The number of hydrogen-bond donors (Lipinski definition) is 4. The summed E-state index contributed by atoms with van der Waals surface area (Å²) in [5.74, 6) is 11.1. The molecule has 1 aromatic heterocycles. The molecule has 0 radical (unpaired) electrons. The van der Waals surface area contributed by atoms with E-state index >= 15 is 0 Å². The molecule has 1 fully saturated rings. The lowest BCUT2D eigenvalue weighted by molar-refractivity contribution is 0.0730. The third kappa shape index (κ3) is 6.09. The van der Waals surface area contributed by atoms with Gasteiger partial charge in [0.15, 0.2) is 5.82 Å². The molecule has 0 atom stereocenters. The van der Waals surface area contributed by atoms with Crippen LogP contribution >= 0.6 is 11.6 Å². The number of anilines is 2. The highest BCUT2D eigenvalue weighted by Gasteiger charge is 2.27. The number of nitrogens with two attached hydrogens (primary N) is 2. The molecule has 2 heterocycles. The molecule has 1 aliphatic heterocycles. The van der Waals surface area contributed by atoms with E-state index < -0.39 is 15.6 Å². The van der Waals surface area contributed by atoms with Gasteiger partial charge in [0.25, 0.3) is 5.56 Å². The number of amidine groups is 1. The smallest absolute Gasteiger partial charge is 0.298 e. The minimum Gasteiger partial charge on any atom is -0.379 e. The number of aromatic nitrogens is 2. The summed E-state index contributed by atoms with van der Waals surface area (Å²) in [6, 6.07) is 11.7. The Labute approximate surface area is 218 Å². The van der Waals surface area contributed by atoms with Crippen LogP contribution in [-0.4, -0.2) is 54.4 Å². The highest BCUT2D eigenvalue weighted by molar-refractivity contribution is 7.89. The first kappa shape index (κ1) is 26.6. The highest BCUT2D eigenvalue weighted by atomic mass is 35.5. The van der Waals surface area contributed by atoms with Crippen molar-refractivity contribution in [1.82, 2.24) is 19.3 Å². The van der Waals surface area contributed by atoms with Gasteiger partial charge in [-0.15, -0.1) is 0 Å². The first-order valence-electron chi connectivity index (χ1n) is 11.4. The van der Waals surface area contributed by atoms with Crippen molar-refractivity contribution in [1.29, 1.82) is 0 Å². The summed E-state index contributed by atoms with van der Waals surface area (Å²) < 4.78 is 34.1. The minimum absolute atomic E-state index is 0.00721. The first-order chi connectivity index (χ1) is 17.8. The molecule has 37 heavy (non-hydrogen) atoms. The molecular weight excluding hydrogens is 520 g/mol. The second-order valence-electron chi connectivity index (χ2n) is 8.12. The predicted molar refractivity (Wildman–Crippen MR) is 141 cm³/mol. The Morgan fingerprint density at radius 1 is 1.16 bits per heavy atom. The van der Waals surface area contributed by atoms with Gasteiger partial charge in [-0.1, -0.05) is 23.7 Å². The van der Waals surface area contributed by atoms with Gasteiger partial charge in [0, 0.05) is 37.6 Å². The number of sulfonamides is 1. The number of morpholine rings is 1. The van der Waals surface area contributed by atoms with E-state index in [1.54, 1.807) is 18.3 Å². The Hall–Kier alpha value is -3.49. The number of nitrogens with zero attached hydrogens (tertiary/aromatic N) is 4. The van der Waals surface area contributed by atoms with Crippen LogP contribution < -0.4 is 28.0 Å². The number of hydrazone groups is 1. The van der Waals surface area contributed by atoms with Crippen LogP contribution in [0.15, 0.2) is 69.6 Å². The van der Waals surface area contributed by atoms with Gasteiger partial charge in [0.2, 0.25) is 10.0 Å². The summed E-state index contributed by atoms with van der Waals surface area (Å²) in [6.45, 7) is 1.20.